The Bertz CT molecular complexity index is 669. The van der Waals surface area contributed by atoms with E-state index in [1.807, 2.05) is 0 Å². The van der Waals surface area contributed by atoms with Crippen molar-refractivity contribution < 1.29 is 24.9 Å². The van der Waals surface area contributed by atoms with E-state index in [0.717, 1.165) is 18.4 Å². The SMILES string of the molecule is C=C(CCCCCCCCCCCC)C(=C)C(O)=S(=C)=C.O=C(O)CCSCCC(=O)O. The molecule has 0 aliphatic rings. The highest BCUT2D eigenvalue weighted by atomic mass is 32.2. The third-order valence-electron chi connectivity index (χ3n) is 4.71. The predicted octanol–water partition coefficient (Wildman–Crippen LogP) is 6.90. The molecule has 0 rings (SSSR count). The summed E-state index contributed by atoms with van der Waals surface area (Å²) in [6, 6.07) is 0. The van der Waals surface area contributed by atoms with Crippen molar-refractivity contribution >= 4 is 50.2 Å². The van der Waals surface area contributed by atoms with Crippen LogP contribution in [0.1, 0.15) is 90.4 Å². The van der Waals surface area contributed by atoms with Crippen LogP contribution in [0.2, 0.25) is 0 Å². The number of aliphatic hydroxyl groups excluding tert-OH is 1. The summed E-state index contributed by atoms with van der Waals surface area (Å²) < 4.78 is 0. The molecule has 0 radical (unpaired) electrons. The lowest BCUT2D eigenvalue weighted by atomic mass is 10.0. The van der Waals surface area contributed by atoms with Gasteiger partial charge in [0.2, 0.25) is 0 Å². The lowest BCUT2D eigenvalue weighted by Crippen LogP contribution is -2.00. The molecule has 186 valence electrons. The minimum Gasteiger partial charge on any atom is -0.481 e. The van der Waals surface area contributed by atoms with Gasteiger partial charge in [-0.2, -0.15) is 21.4 Å². The lowest BCUT2D eigenvalue weighted by molar-refractivity contribution is -0.137. The van der Waals surface area contributed by atoms with Crippen molar-refractivity contribution in [2.24, 2.45) is 0 Å². The molecule has 0 saturated heterocycles. The highest BCUT2D eigenvalue weighted by Gasteiger charge is 2.04. The fourth-order valence-electron chi connectivity index (χ4n) is 2.72. The van der Waals surface area contributed by atoms with Crippen molar-refractivity contribution in [3.8, 4) is 0 Å². The zero-order valence-corrected chi connectivity index (χ0v) is 21.5. The standard InChI is InChI=1S/C19H34OS.C6H10O4S/c1-6-7-8-9-10-11-12-13-14-15-16-17(2)18(3)19(20)21(4)5;7-5(8)1-3-11-4-2-6(9)10/h20H,2-16H2,1H3;1-4H2,(H,7,8)(H,9,10). The Hall–Kier alpha value is -1.44. The highest BCUT2D eigenvalue weighted by molar-refractivity contribution is 8.10. The molecule has 0 unspecified atom stereocenters. The highest BCUT2D eigenvalue weighted by Crippen LogP contribution is 2.17. The molecule has 0 heterocycles. The maximum absolute atomic E-state index is 9.97. The topological polar surface area (TPSA) is 94.8 Å². The first-order valence-electron chi connectivity index (χ1n) is 11.4. The van der Waals surface area contributed by atoms with E-state index in [0.29, 0.717) is 17.1 Å². The van der Waals surface area contributed by atoms with E-state index in [1.54, 1.807) is 0 Å². The third kappa shape index (κ3) is 23.2. The number of aliphatic carboxylic acids is 2. The smallest absolute Gasteiger partial charge is 0.304 e. The van der Waals surface area contributed by atoms with Crippen molar-refractivity contribution in [1.29, 1.82) is 0 Å². The zero-order chi connectivity index (χ0) is 24.8. The first kappa shape index (κ1) is 32.7. The molecule has 0 aromatic heterocycles. The van der Waals surface area contributed by atoms with Crippen LogP contribution < -0.4 is 0 Å². The van der Waals surface area contributed by atoms with E-state index in [-0.39, 0.29) is 17.9 Å². The molecule has 0 aliphatic carbocycles. The van der Waals surface area contributed by atoms with Gasteiger partial charge in [0.1, 0.15) is 5.05 Å². The largest absolute Gasteiger partial charge is 0.481 e. The van der Waals surface area contributed by atoms with Gasteiger partial charge in [0, 0.05) is 17.1 Å². The number of unbranched alkanes of at least 4 members (excludes halogenated alkanes) is 9. The number of aliphatic hydroxyl groups is 1. The van der Waals surface area contributed by atoms with Gasteiger partial charge in [-0.15, -0.1) is 0 Å². The van der Waals surface area contributed by atoms with Crippen molar-refractivity contribution in [2.45, 2.75) is 90.4 Å². The Kier molecular flexibility index (Phi) is 23.3. The van der Waals surface area contributed by atoms with Crippen LogP contribution in [0.25, 0.3) is 0 Å². The van der Waals surface area contributed by atoms with E-state index in [9.17, 15) is 14.7 Å². The number of carbonyl (C=O) groups is 2. The number of thioether (sulfide) groups is 1. The summed E-state index contributed by atoms with van der Waals surface area (Å²) in [5.74, 6) is 6.75. The predicted molar refractivity (Wildman–Crippen MR) is 146 cm³/mol. The minimum atomic E-state index is -0.840. The molecular weight excluding hydrogens is 444 g/mol. The first-order chi connectivity index (χ1) is 15.1. The van der Waals surface area contributed by atoms with E-state index in [1.165, 1.54) is 69.5 Å². The van der Waals surface area contributed by atoms with Gasteiger partial charge in [0.25, 0.3) is 0 Å². The van der Waals surface area contributed by atoms with Crippen LogP contribution in [-0.2, 0) is 9.59 Å². The number of rotatable bonds is 19. The summed E-state index contributed by atoms with van der Waals surface area (Å²) in [6.45, 7) is 10.1. The second-order valence-corrected chi connectivity index (χ2v) is 10.3. The van der Waals surface area contributed by atoms with Gasteiger partial charge in [-0.1, -0.05) is 89.6 Å². The molecule has 0 aromatic rings. The molecule has 5 nitrogen and oxygen atoms in total. The second kappa shape index (κ2) is 22.7. The van der Waals surface area contributed by atoms with Gasteiger partial charge < -0.3 is 15.3 Å². The summed E-state index contributed by atoms with van der Waals surface area (Å²) in [5, 5.41) is 26.4. The molecule has 0 aromatic carbocycles. The summed E-state index contributed by atoms with van der Waals surface area (Å²) in [6.07, 6.45) is 14.4. The van der Waals surface area contributed by atoms with Gasteiger partial charge in [-0.25, -0.2) is 0 Å². The molecule has 0 aliphatic heterocycles. The van der Waals surface area contributed by atoms with E-state index < -0.39 is 21.6 Å². The van der Waals surface area contributed by atoms with Gasteiger partial charge in [-0.3, -0.25) is 9.59 Å². The summed E-state index contributed by atoms with van der Waals surface area (Å²) >= 11 is 1.35. The van der Waals surface area contributed by atoms with Crippen LogP contribution in [0.3, 0.4) is 0 Å². The van der Waals surface area contributed by atoms with Crippen LogP contribution in [0.15, 0.2) is 24.3 Å². The summed E-state index contributed by atoms with van der Waals surface area (Å²) in [5.41, 5.74) is 1.57. The molecule has 3 N–H and O–H groups in total. The van der Waals surface area contributed by atoms with E-state index >= 15 is 0 Å². The normalized spacial score (nSPS) is 10.1. The summed E-state index contributed by atoms with van der Waals surface area (Å²) in [4.78, 5) is 19.9. The number of carboxylic acids is 2. The average molecular weight is 489 g/mol. The molecule has 0 spiro atoms. The fourth-order valence-corrected chi connectivity index (χ4v) is 4.06. The number of hydrogen-bond acceptors (Lipinski definition) is 3. The average Bonchev–Trinajstić information content (AvgIpc) is 2.73. The van der Waals surface area contributed by atoms with Crippen LogP contribution in [-0.4, -0.2) is 55.6 Å². The van der Waals surface area contributed by atoms with Crippen molar-refractivity contribution in [1.82, 2.24) is 0 Å². The molecule has 0 fully saturated rings. The van der Waals surface area contributed by atoms with Crippen LogP contribution in [0.5, 0.6) is 0 Å². The maximum Gasteiger partial charge on any atom is 0.304 e. The van der Waals surface area contributed by atoms with Crippen molar-refractivity contribution in [2.75, 3.05) is 11.5 Å². The molecule has 7 heteroatoms. The Labute approximate surface area is 201 Å². The van der Waals surface area contributed by atoms with Gasteiger partial charge in [0.15, 0.2) is 0 Å². The van der Waals surface area contributed by atoms with Crippen LogP contribution in [0.4, 0.5) is 0 Å². The fraction of sp³-hybridized carbons (Fsp3) is 0.640. The van der Waals surface area contributed by atoms with Crippen LogP contribution in [0, 0.1) is 0 Å². The maximum atomic E-state index is 9.97. The molecule has 32 heavy (non-hydrogen) atoms. The van der Waals surface area contributed by atoms with Gasteiger partial charge in [0.05, 0.1) is 12.8 Å². The Morgan fingerprint density at radius 2 is 1.12 bits per heavy atom. The lowest BCUT2D eigenvalue weighted by Gasteiger charge is -2.08. The number of hydrogen-bond donors (Lipinski definition) is 3. The van der Waals surface area contributed by atoms with Crippen LogP contribution >= 0.6 is 21.4 Å². The van der Waals surface area contributed by atoms with E-state index in [4.69, 9.17) is 10.2 Å². The van der Waals surface area contributed by atoms with Crippen molar-refractivity contribution in [3.63, 3.8) is 0 Å². The minimum absolute atomic E-state index is 0.101. The zero-order valence-electron chi connectivity index (χ0n) is 19.9. The monoisotopic (exact) mass is 488 g/mol. The Morgan fingerprint density at radius 1 is 0.719 bits per heavy atom. The second-order valence-electron chi connectivity index (χ2n) is 7.71. The first-order valence-corrected chi connectivity index (χ1v) is 14.1. The Balaban J connectivity index is 0. The quantitative estimate of drug-likeness (QED) is 0.0792. The molecule has 0 atom stereocenters. The summed E-state index contributed by atoms with van der Waals surface area (Å²) in [7, 11) is -0.615. The number of carboxylic acid groups (broad SMARTS) is 2. The molecule has 0 amide bonds. The Morgan fingerprint density at radius 3 is 1.50 bits per heavy atom. The molecular formula is C25H44O5S2. The van der Waals surface area contributed by atoms with E-state index in [2.05, 4.69) is 31.8 Å². The van der Waals surface area contributed by atoms with Gasteiger partial charge >= 0.3 is 11.9 Å². The van der Waals surface area contributed by atoms with Crippen molar-refractivity contribution in [3.05, 3.63) is 24.3 Å². The third-order valence-corrected chi connectivity index (χ3v) is 6.49. The molecule has 0 saturated carbocycles. The molecule has 0 bridgehead atoms. The van der Waals surface area contributed by atoms with Gasteiger partial charge in [-0.05, 0) is 18.4 Å².